The van der Waals surface area contributed by atoms with E-state index in [0.717, 1.165) is 31.2 Å². The average molecular weight is 465 g/mol. The molecule has 2 aromatic carbocycles. The maximum Gasteiger partial charge on any atom is 0.241 e. The van der Waals surface area contributed by atoms with Gasteiger partial charge in [-0.05, 0) is 36.6 Å². The molecule has 7 heteroatoms. The van der Waals surface area contributed by atoms with Crippen LogP contribution >= 0.6 is 0 Å². The van der Waals surface area contributed by atoms with Gasteiger partial charge in [0.25, 0.3) is 0 Å². The molecular formula is C27H32N2O5. The summed E-state index contributed by atoms with van der Waals surface area (Å²) in [5.41, 5.74) is 0.244. The quantitative estimate of drug-likeness (QED) is 0.557. The van der Waals surface area contributed by atoms with E-state index in [9.17, 15) is 14.4 Å². The van der Waals surface area contributed by atoms with Crippen molar-refractivity contribution in [1.29, 1.82) is 0 Å². The fourth-order valence-electron chi connectivity index (χ4n) is 5.30. The summed E-state index contributed by atoms with van der Waals surface area (Å²) >= 11 is 0. The lowest BCUT2D eigenvalue weighted by Crippen LogP contribution is -2.45. The van der Waals surface area contributed by atoms with E-state index in [1.165, 1.54) is 4.90 Å². The summed E-state index contributed by atoms with van der Waals surface area (Å²) in [5, 5.41) is 0. The van der Waals surface area contributed by atoms with E-state index in [2.05, 4.69) is 0 Å². The number of likely N-dealkylation sites (tertiary alicyclic amines) is 1. The molecule has 0 radical (unpaired) electrons. The number of nitrogens with zero attached hydrogens (tertiary/aromatic N) is 2. The fourth-order valence-corrected chi connectivity index (χ4v) is 5.30. The van der Waals surface area contributed by atoms with Gasteiger partial charge in [-0.25, -0.2) is 0 Å². The van der Waals surface area contributed by atoms with E-state index in [0.29, 0.717) is 23.6 Å². The number of benzene rings is 2. The van der Waals surface area contributed by atoms with E-state index >= 15 is 0 Å². The van der Waals surface area contributed by atoms with Gasteiger partial charge in [0.1, 0.15) is 11.5 Å². The molecule has 0 spiro atoms. The van der Waals surface area contributed by atoms with Gasteiger partial charge < -0.3 is 14.4 Å². The summed E-state index contributed by atoms with van der Waals surface area (Å²) in [4.78, 5) is 43.7. The third kappa shape index (κ3) is 4.39. The normalized spacial score (nSPS) is 20.6. The Labute approximate surface area is 200 Å². The van der Waals surface area contributed by atoms with E-state index in [1.54, 1.807) is 38.3 Å². The smallest absolute Gasteiger partial charge is 0.241 e. The zero-order chi connectivity index (χ0) is 24.3. The summed E-state index contributed by atoms with van der Waals surface area (Å²) in [6.07, 6.45) is 3.53. The standard InChI is InChI=1S/C27H32N2O5/c1-28(18-19-9-8-12-21(15-19)33-2)24(30)16-27(22-13-6-7-14-23(22)34-3)17-25(31)29(26(27)32)20-10-4-5-11-20/h6-9,12-15,20H,4-5,10-11,16-18H2,1-3H3/t27-/m1/s1. The Morgan fingerprint density at radius 1 is 1.06 bits per heavy atom. The first-order valence-electron chi connectivity index (χ1n) is 11.8. The minimum atomic E-state index is -1.27. The second kappa shape index (κ2) is 9.87. The number of hydrogen-bond acceptors (Lipinski definition) is 5. The largest absolute Gasteiger partial charge is 0.497 e. The monoisotopic (exact) mass is 464 g/mol. The topological polar surface area (TPSA) is 76.2 Å². The molecule has 7 nitrogen and oxygen atoms in total. The van der Waals surface area contributed by atoms with Crippen molar-refractivity contribution in [1.82, 2.24) is 9.80 Å². The lowest BCUT2D eigenvalue weighted by molar-refractivity contribution is -0.144. The minimum absolute atomic E-state index is 0.0263. The van der Waals surface area contributed by atoms with Crippen LogP contribution in [0.2, 0.25) is 0 Å². The summed E-state index contributed by atoms with van der Waals surface area (Å²) in [7, 11) is 4.86. The van der Waals surface area contributed by atoms with Crippen LogP contribution in [0.15, 0.2) is 48.5 Å². The summed E-state index contributed by atoms with van der Waals surface area (Å²) < 4.78 is 10.9. The van der Waals surface area contributed by atoms with Gasteiger partial charge in [0.2, 0.25) is 17.7 Å². The third-order valence-corrected chi connectivity index (χ3v) is 7.09. The van der Waals surface area contributed by atoms with Crippen molar-refractivity contribution in [3.8, 4) is 11.5 Å². The molecule has 2 aromatic rings. The second-order valence-electron chi connectivity index (χ2n) is 9.24. The van der Waals surface area contributed by atoms with E-state index in [4.69, 9.17) is 9.47 Å². The highest BCUT2D eigenvalue weighted by molar-refractivity contribution is 6.11. The van der Waals surface area contributed by atoms with Gasteiger partial charge in [-0.3, -0.25) is 19.3 Å². The van der Waals surface area contributed by atoms with Crippen LogP contribution < -0.4 is 9.47 Å². The van der Waals surface area contributed by atoms with Gasteiger partial charge >= 0.3 is 0 Å². The Morgan fingerprint density at radius 3 is 2.50 bits per heavy atom. The number of carbonyl (C=O) groups is 3. The fraction of sp³-hybridized carbons (Fsp3) is 0.444. The molecule has 1 aliphatic carbocycles. The second-order valence-corrected chi connectivity index (χ2v) is 9.24. The average Bonchev–Trinajstić information content (AvgIpc) is 3.45. The Kier molecular flexibility index (Phi) is 6.91. The van der Waals surface area contributed by atoms with Gasteiger partial charge in [0.05, 0.1) is 19.6 Å². The summed E-state index contributed by atoms with van der Waals surface area (Å²) in [6.45, 7) is 0.368. The maximum absolute atomic E-state index is 14.0. The van der Waals surface area contributed by atoms with Crippen molar-refractivity contribution < 1.29 is 23.9 Å². The number of rotatable bonds is 8. The predicted octanol–water partition coefficient (Wildman–Crippen LogP) is 3.69. The number of carbonyl (C=O) groups excluding carboxylic acids is 3. The third-order valence-electron chi connectivity index (χ3n) is 7.09. The molecule has 1 saturated heterocycles. The Bertz CT molecular complexity index is 1080. The number of ether oxygens (including phenoxy) is 2. The first kappa shape index (κ1) is 23.8. The van der Waals surface area contributed by atoms with E-state index < -0.39 is 5.41 Å². The van der Waals surface area contributed by atoms with Crippen molar-refractivity contribution in [2.75, 3.05) is 21.3 Å². The van der Waals surface area contributed by atoms with Gasteiger partial charge in [-0.1, -0.05) is 43.2 Å². The first-order valence-corrected chi connectivity index (χ1v) is 11.8. The molecule has 1 atom stereocenters. The molecule has 3 amide bonds. The number of hydrogen-bond donors (Lipinski definition) is 0. The Morgan fingerprint density at radius 2 is 1.79 bits per heavy atom. The van der Waals surface area contributed by atoms with Crippen LogP contribution in [0.1, 0.15) is 49.7 Å². The molecule has 180 valence electrons. The lowest BCUT2D eigenvalue weighted by atomic mass is 9.75. The molecule has 0 N–H and O–H groups in total. The SMILES string of the molecule is COc1cccc(CN(C)C(=O)C[C@]2(c3ccccc3OC)CC(=O)N(C3CCCC3)C2=O)c1. The molecule has 1 aliphatic heterocycles. The zero-order valence-corrected chi connectivity index (χ0v) is 20.1. The molecule has 2 fully saturated rings. The van der Waals surface area contributed by atoms with Gasteiger partial charge in [-0.15, -0.1) is 0 Å². The predicted molar refractivity (Wildman–Crippen MR) is 127 cm³/mol. The molecule has 2 aliphatic rings. The first-order chi connectivity index (χ1) is 16.4. The number of methoxy groups -OCH3 is 2. The van der Waals surface area contributed by atoms with Crippen molar-refractivity contribution in [3.63, 3.8) is 0 Å². The van der Waals surface area contributed by atoms with Crippen molar-refractivity contribution in [3.05, 3.63) is 59.7 Å². The van der Waals surface area contributed by atoms with Crippen LogP contribution in [0.4, 0.5) is 0 Å². The molecule has 0 aromatic heterocycles. The minimum Gasteiger partial charge on any atom is -0.497 e. The molecule has 34 heavy (non-hydrogen) atoms. The molecule has 1 heterocycles. The van der Waals surface area contributed by atoms with Crippen LogP contribution in [-0.4, -0.2) is 54.8 Å². The molecular weight excluding hydrogens is 432 g/mol. The van der Waals surface area contributed by atoms with E-state index in [1.807, 2.05) is 36.4 Å². The number of para-hydroxylation sites is 1. The number of amides is 3. The lowest BCUT2D eigenvalue weighted by Gasteiger charge is -2.31. The highest BCUT2D eigenvalue weighted by Crippen LogP contribution is 2.46. The van der Waals surface area contributed by atoms with Crippen LogP contribution in [-0.2, 0) is 26.3 Å². The highest BCUT2D eigenvalue weighted by atomic mass is 16.5. The van der Waals surface area contributed by atoms with Crippen molar-refractivity contribution in [2.45, 2.75) is 56.5 Å². The molecule has 0 unspecified atom stereocenters. The maximum atomic E-state index is 14.0. The van der Waals surface area contributed by atoms with Crippen LogP contribution in [0, 0.1) is 0 Å². The number of imide groups is 1. The zero-order valence-electron chi connectivity index (χ0n) is 20.1. The Balaban J connectivity index is 1.66. The van der Waals surface area contributed by atoms with E-state index in [-0.39, 0.29) is 36.6 Å². The van der Waals surface area contributed by atoms with Gasteiger partial charge in [0.15, 0.2) is 0 Å². The van der Waals surface area contributed by atoms with Gasteiger partial charge in [0, 0.05) is 38.0 Å². The highest BCUT2D eigenvalue weighted by Gasteiger charge is 2.56. The van der Waals surface area contributed by atoms with Crippen LogP contribution in [0.3, 0.4) is 0 Å². The molecule has 0 bridgehead atoms. The van der Waals surface area contributed by atoms with Crippen molar-refractivity contribution >= 4 is 17.7 Å². The van der Waals surface area contributed by atoms with Crippen molar-refractivity contribution in [2.24, 2.45) is 0 Å². The van der Waals surface area contributed by atoms with Crippen LogP contribution in [0.25, 0.3) is 0 Å². The summed E-state index contributed by atoms with van der Waals surface area (Å²) in [5.74, 6) is 0.541. The molecule has 1 saturated carbocycles. The van der Waals surface area contributed by atoms with Crippen LogP contribution in [0.5, 0.6) is 11.5 Å². The molecule has 4 rings (SSSR count). The summed E-state index contributed by atoms with van der Waals surface area (Å²) in [6, 6.07) is 14.7. The Hall–Kier alpha value is -3.35. The van der Waals surface area contributed by atoms with Gasteiger partial charge in [-0.2, -0.15) is 0 Å².